The summed E-state index contributed by atoms with van der Waals surface area (Å²) in [5, 5.41) is 0.634. The van der Waals surface area contributed by atoms with Gasteiger partial charge in [-0.2, -0.15) is 0 Å². The topological polar surface area (TPSA) is 74.3 Å². The van der Waals surface area contributed by atoms with E-state index >= 15 is 0 Å². The Kier molecular flexibility index (Phi) is 8.64. The molecule has 30 heavy (non-hydrogen) atoms. The highest BCUT2D eigenvalue weighted by molar-refractivity contribution is 6.42. The number of esters is 1. The Morgan fingerprint density at radius 2 is 1.93 bits per heavy atom. The van der Waals surface area contributed by atoms with Crippen LogP contribution in [0.2, 0.25) is 10.0 Å². The number of ether oxygens (including phenoxy) is 4. The van der Waals surface area contributed by atoms with Gasteiger partial charge in [0.15, 0.2) is 6.79 Å². The summed E-state index contributed by atoms with van der Waals surface area (Å²) >= 11 is 12.8. The number of amides is 1. The van der Waals surface area contributed by atoms with Crippen LogP contribution < -0.4 is 4.74 Å². The standard InChI is InChI=1S/C21H29Cl2NO6/c1-6-28-17(25)10-13-9-15(24(11-13)20(26)30-21(2,3)4)18-16(29-12-27-5)8-7-14(22)19(18)23/h7-8,13,15H,6,9-12H2,1-5H3/t13-,15-/m1/s1. The van der Waals surface area contributed by atoms with E-state index < -0.39 is 17.7 Å². The average molecular weight is 462 g/mol. The molecule has 1 aliphatic rings. The molecule has 1 aromatic rings. The Hall–Kier alpha value is -1.70. The zero-order valence-electron chi connectivity index (χ0n) is 18.0. The van der Waals surface area contributed by atoms with Gasteiger partial charge in [0.25, 0.3) is 0 Å². The second-order valence-electron chi connectivity index (χ2n) is 8.08. The number of hydrogen-bond acceptors (Lipinski definition) is 6. The first-order valence-corrected chi connectivity index (χ1v) is 10.6. The molecule has 1 heterocycles. The van der Waals surface area contributed by atoms with Crippen LogP contribution >= 0.6 is 23.2 Å². The summed E-state index contributed by atoms with van der Waals surface area (Å²) in [4.78, 5) is 26.6. The molecule has 2 rings (SSSR count). The number of hydrogen-bond donors (Lipinski definition) is 0. The minimum Gasteiger partial charge on any atom is -0.467 e. The first-order valence-electron chi connectivity index (χ1n) is 9.82. The van der Waals surface area contributed by atoms with Gasteiger partial charge in [0, 0.05) is 19.2 Å². The number of nitrogens with zero attached hydrogens (tertiary/aromatic N) is 1. The predicted octanol–water partition coefficient (Wildman–Crippen LogP) is 5.23. The van der Waals surface area contributed by atoms with Crippen LogP contribution in [0, 0.1) is 5.92 Å². The Balaban J connectivity index is 2.41. The van der Waals surface area contributed by atoms with E-state index in [0.717, 1.165) is 0 Å². The van der Waals surface area contributed by atoms with Crippen molar-refractivity contribution in [2.45, 2.75) is 52.2 Å². The van der Waals surface area contributed by atoms with Gasteiger partial charge in [-0.15, -0.1) is 0 Å². The molecule has 9 heteroatoms. The average Bonchev–Trinajstić information content (AvgIpc) is 3.04. The third kappa shape index (κ3) is 6.40. The smallest absolute Gasteiger partial charge is 0.410 e. The molecule has 0 aromatic heterocycles. The van der Waals surface area contributed by atoms with Crippen LogP contribution in [0.25, 0.3) is 0 Å². The van der Waals surface area contributed by atoms with Gasteiger partial charge in [-0.05, 0) is 52.2 Å². The fourth-order valence-corrected chi connectivity index (χ4v) is 3.88. The number of methoxy groups -OCH3 is 1. The zero-order valence-corrected chi connectivity index (χ0v) is 19.5. The summed E-state index contributed by atoms with van der Waals surface area (Å²) in [6, 6.07) is 2.84. The molecule has 0 radical (unpaired) electrons. The number of carbonyl (C=O) groups excluding carboxylic acids is 2. The summed E-state index contributed by atoms with van der Waals surface area (Å²) in [7, 11) is 1.51. The van der Waals surface area contributed by atoms with Crippen molar-refractivity contribution in [2.75, 3.05) is 27.1 Å². The normalized spacial score (nSPS) is 19.0. The molecule has 0 N–H and O–H groups in total. The summed E-state index contributed by atoms with van der Waals surface area (Å²) in [6.07, 6.45) is 0.185. The number of carbonyl (C=O) groups is 2. The molecule has 0 spiro atoms. The molecule has 0 saturated carbocycles. The van der Waals surface area contributed by atoms with Crippen LogP contribution in [0.5, 0.6) is 5.75 Å². The number of benzene rings is 1. The Morgan fingerprint density at radius 3 is 2.53 bits per heavy atom. The second kappa shape index (κ2) is 10.6. The molecule has 0 unspecified atom stereocenters. The van der Waals surface area contributed by atoms with E-state index in [1.54, 1.807) is 44.7 Å². The van der Waals surface area contributed by atoms with Crippen LogP contribution in [-0.2, 0) is 19.0 Å². The molecular formula is C21H29Cl2NO6. The van der Waals surface area contributed by atoms with Gasteiger partial charge in [-0.1, -0.05) is 23.2 Å². The van der Waals surface area contributed by atoms with Crippen LogP contribution in [-0.4, -0.2) is 49.6 Å². The molecule has 1 aromatic carbocycles. The first-order chi connectivity index (χ1) is 14.1. The van der Waals surface area contributed by atoms with Gasteiger partial charge in [0.1, 0.15) is 11.4 Å². The SMILES string of the molecule is CCOC(=O)C[C@H]1C[C@H](c2c(OCOC)ccc(Cl)c2Cl)N(C(=O)OC(C)(C)C)C1. The molecule has 1 saturated heterocycles. The number of likely N-dealkylation sites (tertiary alicyclic amines) is 1. The molecule has 1 amide bonds. The summed E-state index contributed by atoms with van der Waals surface area (Å²) < 4.78 is 21.4. The van der Waals surface area contributed by atoms with E-state index in [-0.39, 0.29) is 25.1 Å². The lowest BCUT2D eigenvalue weighted by atomic mass is 9.97. The largest absolute Gasteiger partial charge is 0.467 e. The van der Waals surface area contributed by atoms with Crippen molar-refractivity contribution in [3.05, 3.63) is 27.7 Å². The molecule has 0 bridgehead atoms. The first kappa shape index (κ1) is 24.6. The highest BCUT2D eigenvalue weighted by atomic mass is 35.5. The van der Waals surface area contributed by atoms with Gasteiger partial charge < -0.3 is 23.8 Å². The zero-order chi connectivity index (χ0) is 22.5. The van der Waals surface area contributed by atoms with Crippen molar-refractivity contribution in [2.24, 2.45) is 5.92 Å². The van der Waals surface area contributed by atoms with E-state index in [4.69, 9.17) is 42.1 Å². The lowest BCUT2D eigenvalue weighted by Crippen LogP contribution is -2.37. The molecular weight excluding hydrogens is 433 g/mol. The monoisotopic (exact) mass is 461 g/mol. The fraction of sp³-hybridized carbons (Fsp3) is 0.619. The van der Waals surface area contributed by atoms with Crippen molar-refractivity contribution in [3.63, 3.8) is 0 Å². The predicted molar refractivity (Wildman–Crippen MR) is 114 cm³/mol. The van der Waals surface area contributed by atoms with E-state index in [0.29, 0.717) is 40.9 Å². The third-order valence-electron chi connectivity index (χ3n) is 4.53. The van der Waals surface area contributed by atoms with Crippen molar-refractivity contribution in [1.82, 2.24) is 4.90 Å². The Labute approximate surface area is 187 Å². The van der Waals surface area contributed by atoms with Crippen molar-refractivity contribution < 1.29 is 28.5 Å². The van der Waals surface area contributed by atoms with E-state index in [1.165, 1.54) is 7.11 Å². The van der Waals surface area contributed by atoms with Gasteiger partial charge in [-0.25, -0.2) is 4.79 Å². The highest BCUT2D eigenvalue weighted by Crippen LogP contribution is 2.46. The molecule has 2 atom stereocenters. The lowest BCUT2D eigenvalue weighted by molar-refractivity contribution is -0.144. The van der Waals surface area contributed by atoms with E-state index in [2.05, 4.69) is 0 Å². The fourth-order valence-electron chi connectivity index (χ4n) is 3.43. The maximum atomic E-state index is 13.0. The van der Waals surface area contributed by atoms with Gasteiger partial charge in [-0.3, -0.25) is 4.79 Å². The van der Waals surface area contributed by atoms with Crippen molar-refractivity contribution in [1.29, 1.82) is 0 Å². The van der Waals surface area contributed by atoms with Gasteiger partial charge in [0.2, 0.25) is 0 Å². The van der Waals surface area contributed by atoms with Crippen molar-refractivity contribution in [3.8, 4) is 5.75 Å². The molecule has 7 nitrogen and oxygen atoms in total. The number of rotatable bonds is 7. The van der Waals surface area contributed by atoms with Crippen LogP contribution in [0.15, 0.2) is 12.1 Å². The summed E-state index contributed by atoms with van der Waals surface area (Å²) in [6.45, 7) is 7.79. The lowest BCUT2D eigenvalue weighted by Gasteiger charge is -2.30. The van der Waals surface area contributed by atoms with Gasteiger partial charge >= 0.3 is 12.1 Å². The van der Waals surface area contributed by atoms with Crippen LogP contribution in [0.1, 0.15) is 52.1 Å². The van der Waals surface area contributed by atoms with E-state index in [1.807, 2.05) is 0 Å². The Morgan fingerprint density at radius 1 is 1.23 bits per heavy atom. The minimum absolute atomic E-state index is 0.0103. The van der Waals surface area contributed by atoms with Crippen LogP contribution in [0.4, 0.5) is 4.79 Å². The quantitative estimate of drug-likeness (QED) is 0.408. The minimum atomic E-state index is -0.672. The van der Waals surface area contributed by atoms with E-state index in [9.17, 15) is 9.59 Å². The third-order valence-corrected chi connectivity index (χ3v) is 5.35. The number of halogens is 2. The van der Waals surface area contributed by atoms with Crippen LogP contribution in [0.3, 0.4) is 0 Å². The Bertz CT molecular complexity index is 765. The molecule has 168 valence electrons. The summed E-state index contributed by atoms with van der Waals surface area (Å²) in [5.41, 5.74) is -0.104. The maximum Gasteiger partial charge on any atom is 0.410 e. The maximum absolute atomic E-state index is 13.0. The second-order valence-corrected chi connectivity index (χ2v) is 8.87. The van der Waals surface area contributed by atoms with Crippen molar-refractivity contribution >= 4 is 35.3 Å². The molecule has 1 fully saturated rings. The van der Waals surface area contributed by atoms with Gasteiger partial charge in [0.05, 0.1) is 29.1 Å². The molecule has 0 aliphatic carbocycles. The molecule has 1 aliphatic heterocycles. The highest BCUT2D eigenvalue weighted by Gasteiger charge is 2.41. The summed E-state index contributed by atoms with van der Waals surface area (Å²) in [5.74, 6) is 0.0359.